The van der Waals surface area contributed by atoms with E-state index < -0.39 is 5.60 Å². The van der Waals surface area contributed by atoms with Gasteiger partial charge in [0.2, 0.25) is 0 Å². The van der Waals surface area contributed by atoms with Gasteiger partial charge in [0.1, 0.15) is 5.75 Å². The molecule has 0 aliphatic rings. The number of halogens is 2. The highest BCUT2D eigenvalue weighted by Crippen LogP contribution is 2.29. The van der Waals surface area contributed by atoms with Gasteiger partial charge in [0.25, 0.3) is 5.91 Å². The lowest BCUT2D eigenvalue weighted by Crippen LogP contribution is -2.51. The van der Waals surface area contributed by atoms with E-state index in [0.29, 0.717) is 17.2 Å². The Morgan fingerprint density at radius 3 is 2.19 bits per heavy atom. The monoisotopic (exact) mass is 455 g/mol. The number of carbonyl (C=O) groups is 1. The Labute approximate surface area is 194 Å². The molecule has 1 N–H and O–H groups in total. The molecule has 5 heteroatoms. The maximum absolute atomic E-state index is 13.1. The molecule has 162 valence electrons. The third kappa shape index (κ3) is 6.25. The normalized spacial score (nSPS) is 13.3. The van der Waals surface area contributed by atoms with E-state index in [1.165, 1.54) is 0 Å². The summed E-state index contributed by atoms with van der Waals surface area (Å²) in [7, 11) is 0. The predicted molar refractivity (Wildman–Crippen MR) is 128 cm³/mol. The molecular formula is C26H27Cl2NO2. The fourth-order valence-corrected chi connectivity index (χ4v) is 3.85. The SMILES string of the molecule is C[C@@H](NC(=O)C(C)(C)Oc1ccc(Cl)cc1)[C@H](Cc1ccccc1Cl)c1ccccc1. The minimum Gasteiger partial charge on any atom is -0.478 e. The Balaban J connectivity index is 1.77. The van der Waals surface area contributed by atoms with Crippen molar-refractivity contribution in [3.8, 4) is 5.75 Å². The van der Waals surface area contributed by atoms with Crippen LogP contribution in [-0.4, -0.2) is 17.6 Å². The summed E-state index contributed by atoms with van der Waals surface area (Å²) in [6, 6.07) is 24.8. The summed E-state index contributed by atoms with van der Waals surface area (Å²) in [5.41, 5.74) is 1.15. The van der Waals surface area contributed by atoms with E-state index in [1.54, 1.807) is 38.1 Å². The van der Waals surface area contributed by atoms with Crippen LogP contribution in [0, 0.1) is 0 Å². The van der Waals surface area contributed by atoms with Gasteiger partial charge in [-0.05, 0) is 68.7 Å². The lowest BCUT2D eigenvalue weighted by molar-refractivity contribution is -0.135. The molecule has 0 radical (unpaired) electrons. The first-order valence-electron chi connectivity index (χ1n) is 10.3. The lowest BCUT2D eigenvalue weighted by atomic mass is 9.86. The minimum atomic E-state index is -1.05. The van der Waals surface area contributed by atoms with E-state index in [4.69, 9.17) is 27.9 Å². The number of benzene rings is 3. The molecule has 0 aromatic heterocycles. The molecule has 3 aromatic rings. The summed E-state index contributed by atoms with van der Waals surface area (Å²) >= 11 is 12.4. The van der Waals surface area contributed by atoms with Crippen LogP contribution in [0.25, 0.3) is 0 Å². The van der Waals surface area contributed by atoms with Crippen molar-refractivity contribution >= 4 is 29.1 Å². The quantitative estimate of drug-likeness (QED) is 0.411. The second kappa shape index (κ2) is 10.2. The topological polar surface area (TPSA) is 38.3 Å². The van der Waals surface area contributed by atoms with Crippen LogP contribution < -0.4 is 10.1 Å². The molecule has 3 nitrogen and oxygen atoms in total. The molecule has 0 aliphatic heterocycles. The van der Waals surface area contributed by atoms with E-state index >= 15 is 0 Å². The number of carbonyl (C=O) groups excluding carboxylic acids is 1. The summed E-state index contributed by atoms with van der Waals surface area (Å²) in [6.45, 7) is 5.54. The van der Waals surface area contributed by atoms with Gasteiger partial charge in [0.15, 0.2) is 5.60 Å². The summed E-state index contributed by atoms with van der Waals surface area (Å²) in [5.74, 6) is 0.458. The number of hydrogen-bond acceptors (Lipinski definition) is 2. The summed E-state index contributed by atoms with van der Waals surface area (Å²) in [5, 5.41) is 4.51. The van der Waals surface area contributed by atoms with Gasteiger partial charge in [-0.15, -0.1) is 0 Å². The average Bonchev–Trinajstić information content (AvgIpc) is 2.75. The molecule has 0 unspecified atom stereocenters. The van der Waals surface area contributed by atoms with Gasteiger partial charge < -0.3 is 10.1 Å². The number of ether oxygens (including phenoxy) is 1. The summed E-state index contributed by atoms with van der Waals surface area (Å²) < 4.78 is 5.95. The molecule has 3 rings (SSSR count). The molecule has 2 atom stereocenters. The van der Waals surface area contributed by atoms with Crippen molar-refractivity contribution in [1.29, 1.82) is 0 Å². The second-order valence-electron chi connectivity index (χ2n) is 8.14. The predicted octanol–water partition coefficient (Wildman–Crippen LogP) is 6.68. The number of rotatable bonds is 8. The highest BCUT2D eigenvalue weighted by atomic mass is 35.5. The van der Waals surface area contributed by atoms with Gasteiger partial charge >= 0.3 is 0 Å². The van der Waals surface area contributed by atoms with E-state index in [9.17, 15) is 4.79 Å². The second-order valence-corrected chi connectivity index (χ2v) is 8.98. The molecular weight excluding hydrogens is 429 g/mol. The highest BCUT2D eigenvalue weighted by molar-refractivity contribution is 6.31. The zero-order valence-electron chi connectivity index (χ0n) is 17.9. The van der Waals surface area contributed by atoms with Crippen LogP contribution in [0.15, 0.2) is 78.9 Å². The van der Waals surface area contributed by atoms with Crippen molar-refractivity contribution in [1.82, 2.24) is 5.32 Å². The maximum Gasteiger partial charge on any atom is 0.263 e. The molecule has 31 heavy (non-hydrogen) atoms. The number of nitrogens with one attached hydrogen (secondary N) is 1. The smallest absolute Gasteiger partial charge is 0.263 e. The average molecular weight is 456 g/mol. The Kier molecular flexibility index (Phi) is 7.64. The third-order valence-corrected chi connectivity index (χ3v) is 5.94. The van der Waals surface area contributed by atoms with Gasteiger partial charge in [-0.25, -0.2) is 0 Å². The molecule has 0 spiro atoms. The van der Waals surface area contributed by atoms with Crippen LogP contribution in [-0.2, 0) is 11.2 Å². The van der Waals surface area contributed by atoms with E-state index in [0.717, 1.165) is 16.1 Å². The van der Waals surface area contributed by atoms with Crippen LogP contribution >= 0.6 is 23.2 Å². The molecule has 3 aromatic carbocycles. The largest absolute Gasteiger partial charge is 0.478 e. The van der Waals surface area contributed by atoms with Gasteiger partial charge in [-0.2, -0.15) is 0 Å². The molecule has 0 fully saturated rings. The first-order valence-corrected chi connectivity index (χ1v) is 11.1. The van der Waals surface area contributed by atoms with Crippen LogP contribution in [0.5, 0.6) is 5.75 Å². The van der Waals surface area contributed by atoms with Crippen molar-refractivity contribution in [2.24, 2.45) is 0 Å². The first-order chi connectivity index (χ1) is 14.8. The number of hydrogen-bond donors (Lipinski definition) is 1. The highest BCUT2D eigenvalue weighted by Gasteiger charge is 2.33. The summed E-state index contributed by atoms with van der Waals surface area (Å²) in [6.07, 6.45) is 0.712. The fourth-order valence-electron chi connectivity index (χ4n) is 3.51. The Bertz CT molecular complexity index is 1000. The van der Waals surface area contributed by atoms with E-state index in [1.807, 2.05) is 49.4 Å². The molecule has 1 amide bonds. The molecule has 0 heterocycles. The van der Waals surface area contributed by atoms with E-state index in [-0.39, 0.29) is 17.9 Å². The minimum absolute atomic E-state index is 0.0522. The fraction of sp³-hybridized carbons (Fsp3) is 0.269. The standard InChI is InChI=1S/C26H27Cl2NO2/c1-18(29-25(30)26(2,3)31-22-15-13-21(27)14-16-22)23(19-9-5-4-6-10-19)17-20-11-7-8-12-24(20)28/h4-16,18,23H,17H2,1-3H3,(H,29,30)/t18-,23+/m1/s1. The van der Waals surface area contributed by atoms with Crippen LogP contribution in [0.1, 0.15) is 37.8 Å². The Morgan fingerprint density at radius 2 is 1.55 bits per heavy atom. The lowest BCUT2D eigenvalue weighted by Gasteiger charge is -2.31. The maximum atomic E-state index is 13.1. The van der Waals surface area contributed by atoms with Gasteiger partial charge in [0, 0.05) is 22.0 Å². The molecule has 0 saturated heterocycles. The van der Waals surface area contributed by atoms with Crippen molar-refractivity contribution < 1.29 is 9.53 Å². The van der Waals surface area contributed by atoms with Crippen molar-refractivity contribution in [2.45, 2.75) is 44.8 Å². The summed E-state index contributed by atoms with van der Waals surface area (Å²) in [4.78, 5) is 13.1. The molecule has 0 bridgehead atoms. The third-order valence-electron chi connectivity index (χ3n) is 5.32. The Hall–Kier alpha value is -2.49. The number of amides is 1. The van der Waals surface area contributed by atoms with Crippen LogP contribution in [0.2, 0.25) is 10.0 Å². The zero-order chi connectivity index (χ0) is 22.4. The van der Waals surface area contributed by atoms with Crippen LogP contribution in [0.4, 0.5) is 0 Å². The zero-order valence-corrected chi connectivity index (χ0v) is 19.5. The molecule has 0 saturated carbocycles. The van der Waals surface area contributed by atoms with Crippen molar-refractivity contribution in [3.05, 3.63) is 100 Å². The van der Waals surface area contributed by atoms with Crippen molar-refractivity contribution in [3.63, 3.8) is 0 Å². The first kappa shape index (κ1) is 23.2. The Morgan fingerprint density at radius 1 is 0.935 bits per heavy atom. The van der Waals surface area contributed by atoms with Crippen molar-refractivity contribution in [2.75, 3.05) is 0 Å². The van der Waals surface area contributed by atoms with Gasteiger partial charge in [-0.1, -0.05) is 71.7 Å². The van der Waals surface area contributed by atoms with Crippen LogP contribution in [0.3, 0.4) is 0 Å². The van der Waals surface area contributed by atoms with E-state index in [2.05, 4.69) is 17.4 Å². The molecule has 0 aliphatic carbocycles. The van der Waals surface area contributed by atoms with Gasteiger partial charge in [0.05, 0.1) is 0 Å². The van der Waals surface area contributed by atoms with Gasteiger partial charge in [-0.3, -0.25) is 4.79 Å².